The lowest BCUT2D eigenvalue weighted by atomic mass is 9.91. The van der Waals surface area contributed by atoms with Crippen molar-refractivity contribution in [3.63, 3.8) is 0 Å². The Morgan fingerprint density at radius 2 is 1.79 bits per heavy atom. The van der Waals surface area contributed by atoms with Gasteiger partial charge in [-0.25, -0.2) is 20.4 Å². The predicted octanol–water partition coefficient (Wildman–Crippen LogP) is 0.687. The monoisotopic (exact) mass is 522 g/mol. The van der Waals surface area contributed by atoms with Crippen LogP contribution in [0.3, 0.4) is 0 Å². The van der Waals surface area contributed by atoms with Crippen molar-refractivity contribution in [1.82, 2.24) is 25.2 Å². The first-order valence-corrected chi connectivity index (χ1v) is 12.2. The molecule has 1 aromatic heterocycles. The van der Waals surface area contributed by atoms with Gasteiger partial charge in [0.2, 0.25) is 11.8 Å². The average molecular weight is 523 g/mol. The molecule has 3 aromatic rings. The van der Waals surface area contributed by atoms with Gasteiger partial charge in [-0.05, 0) is 22.8 Å². The van der Waals surface area contributed by atoms with E-state index in [0.29, 0.717) is 26.3 Å². The summed E-state index contributed by atoms with van der Waals surface area (Å²) in [5, 5.41) is 14.4. The maximum atomic E-state index is 13.5. The number of aliphatic carboxylic acids is 1. The number of nitrogens with two attached hydrogens (primary N) is 1. The van der Waals surface area contributed by atoms with Crippen molar-refractivity contribution in [2.75, 3.05) is 26.3 Å². The van der Waals surface area contributed by atoms with Gasteiger partial charge in [-0.2, -0.15) is 0 Å². The normalized spacial score (nSPS) is 15.0. The summed E-state index contributed by atoms with van der Waals surface area (Å²) in [5.74, 6) is 2.31. The van der Waals surface area contributed by atoms with Gasteiger partial charge in [-0.1, -0.05) is 42.5 Å². The maximum absolute atomic E-state index is 13.5. The van der Waals surface area contributed by atoms with E-state index in [2.05, 4.69) is 10.3 Å². The lowest BCUT2D eigenvalue weighted by Crippen LogP contribution is -2.47. The number of carboxylic acid groups (broad SMARTS) is 1. The molecule has 0 bridgehead atoms. The summed E-state index contributed by atoms with van der Waals surface area (Å²) in [6.07, 6.45) is 2.54. The molecule has 0 saturated carbocycles. The topological polar surface area (TPSA) is 169 Å². The Hall–Kier alpha value is -4.29. The van der Waals surface area contributed by atoms with Crippen LogP contribution < -0.4 is 16.6 Å². The molecule has 5 N–H and O–H groups in total. The molecule has 12 heteroatoms. The first-order valence-electron chi connectivity index (χ1n) is 12.2. The predicted molar refractivity (Wildman–Crippen MR) is 137 cm³/mol. The van der Waals surface area contributed by atoms with Crippen LogP contribution in [0.5, 0.6) is 0 Å². The molecule has 1 aliphatic heterocycles. The minimum absolute atomic E-state index is 0.0767. The van der Waals surface area contributed by atoms with Crippen LogP contribution in [0.1, 0.15) is 17.7 Å². The summed E-state index contributed by atoms with van der Waals surface area (Å²) < 4.78 is 6.40. The molecule has 3 amide bonds. The zero-order valence-electron chi connectivity index (χ0n) is 20.7. The highest BCUT2D eigenvalue weighted by Crippen LogP contribution is 2.23. The molecule has 12 nitrogen and oxygen atoms in total. The van der Waals surface area contributed by atoms with Crippen LogP contribution in [-0.2, 0) is 32.0 Å². The van der Waals surface area contributed by atoms with Gasteiger partial charge in [-0.15, -0.1) is 0 Å². The number of hydrogen-bond donors (Lipinski definition) is 4. The third-order valence-corrected chi connectivity index (χ3v) is 6.52. The van der Waals surface area contributed by atoms with Gasteiger partial charge in [0.15, 0.2) is 0 Å². The third-order valence-electron chi connectivity index (χ3n) is 6.52. The highest BCUT2D eigenvalue weighted by atomic mass is 16.5. The molecule has 38 heavy (non-hydrogen) atoms. The number of nitrogen functional groups attached to an aromatic ring is 1. The van der Waals surface area contributed by atoms with Crippen molar-refractivity contribution < 1.29 is 29.0 Å². The first-order chi connectivity index (χ1) is 18.4. The van der Waals surface area contributed by atoms with Gasteiger partial charge in [0.25, 0.3) is 0 Å². The second-order valence-electron chi connectivity index (χ2n) is 9.06. The Labute approximate surface area is 218 Å². The van der Waals surface area contributed by atoms with Crippen molar-refractivity contribution in [3.05, 3.63) is 66.2 Å². The second kappa shape index (κ2) is 12.3. The number of carbonyl (C=O) groups is 4. The van der Waals surface area contributed by atoms with Crippen molar-refractivity contribution in [2.24, 2.45) is 11.8 Å². The van der Waals surface area contributed by atoms with Gasteiger partial charge >= 0.3 is 12.0 Å². The fourth-order valence-electron chi connectivity index (χ4n) is 4.50. The summed E-state index contributed by atoms with van der Waals surface area (Å²) in [4.78, 5) is 56.0. The molecule has 1 unspecified atom stereocenters. The van der Waals surface area contributed by atoms with Crippen LogP contribution in [0.4, 0.5) is 4.79 Å². The van der Waals surface area contributed by atoms with Crippen LogP contribution in [0.15, 0.2) is 55.0 Å². The molecule has 2 heterocycles. The number of ether oxygens (including phenoxy) is 1. The number of hydrazine groups is 1. The van der Waals surface area contributed by atoms with Gasteiger partial charge in [0.05, 0.1) is 24.8 Å². The maximum Gasteiger partial charge on any atom is 0.340 e. The van der Waals surface area contributed by atoms with Crippen LogP contribution in [0.25, 0.3) is 10.8 Å². The molecule has 0 spiro atoms. The summed E-state index contributed by atoms with van der Waals surface area (Å²) in [6, 6.07) is 11.6. The Balaban J connectivity index is 1.54. The van der Waals surface area contributed by atoms with E-state index in [1.54, 1.807) is 4.90 Å². The van der Waals surface area contributed by atoms with E-state index < -0.39 is 29.9 Å². The molecular weight excluding hydrogens is 492 g/mol. The third kappa shape index (κ3) is 6.52. The Morgan fingerprint density at radius 3 is 2.53 bits per heavy atom. The number of carbonyl (C=O) groups excluding carboxylic acids is 3. The standard InChI is InChI=1S/C26H30N6O6/c27-30-26(37)32-15-20(28-16-32)14-22(25(35)36)29-24(34)19(13-23(33)31-8-10-38-11-9-31)12-18-6-3-5-17-4-1-2-7-21(17)18/h1-7,15-16,19,22H,8-14,27H2,(H,29,34)(H,30,37)(H,35,36)/t19?,22-/m0/s1. The van der Waals surface area contributed by atoms with E-state index in [0.717, 1.165) is 20.9 Å². The largest absolute Gasteiger partial charge is 0.480 e. The minimum atomic E-state index is -1.32. The van der Waals surface area contributed by atoms with Gasteiger partial charge in [-0.3, -0.25) is 19.6 Å². The molecule has 4 rings (SSSR count). The number of aromatic nitrogens is 2. The Bertz CT molecular complexity index is 1310. The van der Waals surface area contributed by atoms with Crippen LogP contribution >= 0.6 is 0 Å². The molecule has 1 aliphatic rings. The number of imidazole rings is 1. The minimum Gasteiger partial charge on any atom is -0.480 e. The lowest BCUT2D eigenvalue weighted by Gasteiger charge is -2.29. The Morgan fingerprint density at radius 1 is 1.05 bits per heavy atom. The number of morpholine rings is 1. The molecular formula is C26H30N6O6. The Kier molecular flexibility index (Phi) is 8.66. The highest BCUT2D eigenvalue weighted by molar-refractivity contribution is 5.90. The summed E-state index contributed by atoms with van der Waals surface area (Å²) in [7, 11) is 0. The number of fused-ring (bicyclic) bond motifs is 1. The van der Waals surface area contributed by atoms with E-state index in [1.807, 2.05) is 47.9 Å². The summed E-state index contributed by atoms with van der Waals surface area (Å²) in [6.45, 7) is 1.75. The van der Waals surface area contributed by atoms with Gasteiger partial charge in [0.1, 0.15) is 12.4 Å². The van der Waals surface area contributed by atoms with Crippen molar-refractivity contribution >= 4 is 34.6 Å². The van der Waals surface area contributed by atoms with Gasteiger partial charge < -0.3 is 20.1 Å². The molecule has 1 fully saturated rings. The lowest BCUT2D eigenvalue weighted by molar-refractivity contribution is -0.143. The fraction of sp³-hybridized carbons (Fsp3) is 0.346. The SMILES string of the molecule is NNC(=O)n1cnc(C[C@H](NC(=O)C(CC(=O)N2CCOCC2)Cc2cccc3ccccc23)C(=O)O)c1. The smallest absolute Gasteiger partial charge is 0.340 e. The van der Waals surface area contributed by atoms with Crippen LogP contribution in [-0.4, -0.2) is 75.7 Å². The summed E-state index contributed by atoms with van der Waals surface area (Å²) >= 11 is 0. The van der Waals surface area contributed by atoms with Crippen molar-refractivity contribution in [1.29, 1.82) is 0 Å². The van der Waals surface area contributed by atoms with Crippen molar-refractivity contribution in [3.8, 4) is 0 Å². The number of amides is 3. The van der Waals surface area contributed by atoms with Crippen LogP contribution in [0.2, 0.25) is 0 Å². The number of benzene rings is 2. The zero-order chi connectivity index (χ0) is 27.1. The second-order valence-corrected chi connectivity index (χ2v) is 9.06. The van der Waals surface area contributed by atoms with Crippen molar-refractivity contribution in [2.45, 2.75) is 25.3 Å². The number of rotatable bonds is 9. The number of nitrogens with zero attached hydrogens (tertiary/aromatic N) is 3. The number of hydrogen-bond acceptors (Lipinski definition) is 7. The fourth-order valence-corrected chi connectivity index (χ4v) is 4.50. The average Bonchev–Trinajstić information content (AvgIpc) is 3.41. The molecule has 0 radical (unpaired) electrons. The molecule has 2 atom stereocenters. The quantitative estimate of drug-likeness (QED) is 0.181. The van der Waals surface area contributed by atoms with E-state index in [-0.39, 0.29) is 30.9 Å². The van der Waals surface area contributed by atoms with Gasteiger partial charge in [0, 0.05) is 32.1 Å². The van der Waals surface area contributed by atoms with E-state index >= 15 is 0 Å². The number of nitrogens with one attached hydrogen (secondary N) is 2. The molecule has 0 aliphatic carbocycles. The number of carboxylic acids is 1. The van der Waals surface area contributed by atoms with Crippen LogP contribution in [0, 0.1) is 5.92 Å². The molecule has 2 aromatic carbocycles. The summed E-state index contributed by atoms with van der Waals surface area (Å²) in [5.41, 5.74) is 3.11. The van der Waals surface area contributed by atoms with E-state index in [1.165, 1.54) is 12.5 Å². The molecule has 200 valence electrons. The molecule has 1 saturated heterocycles. The highest BCUT2D eigenvalue weighted by Gasteiger charge is 2.30. The van der Waals surface area contributed by atoms with E-state index in [4.69, 9.17) is 10.6 Å². The first kappa shape index (κ1) is 26.8. The zero-order valence-corrected chi connectivity index (χ0v) is 20.7. The van der Waals surface area contributed by atoms with E-state index in [9.17, 15) is 24.3 Å².